The first-order chi connectivity index (χ1) is 9.19. The second kappa shape index (κ2) is 12.7. The van der Waals surface area contributed by atoms with Crippen molar-refractivity contribution in [2.75, 3.05) is 0 Å². The molecule has 0 saturated heterocycles. The van der Waals surface area contributed by atoms with E-state index in [1.807, 2.05) is 0 Å². The van der Waals surface area contributed by atoms with Gasteiger partial charge in [-0.3, -0.25) is 0 Å². The molecule has 0 aromatic heterocycles. The molecule has 2 saturated carbocycles. The van der Waals surface area contributed by atoms with Crippen LogP contribution in [0.1, 0.15) is 38.5 Å². The van der Waals surface area contributed by atoms with Crippen molar-refractivity contribution >= 4 is 23.9 Å². The first kappa shape index (κ1) is 34.7. The summed E-state index contributed by atoms with van der Waals surface area (Å²) in [5.41, 5.74) is -3.33. The summed E-state index contributed by atoms with van der Waals surface area (Å²) in [6, 6.07) is 0. The fourth-order valence-electron chi connectivity index (χ4n) is 2.04. The second-order valence-electron chi connectivity index (χ2n) is 5.02. The summed E-state index contributed by atoms with van der Waals surface area (Å²) in [4.78, 5) is 40.9. The van der Waals surface area contributed by atoms with Gasteiger partial charge >= 0.3 is 21.1 Å². The maximum Gasteiger partial charge on any atom is 4.00 e. The van der Waals surface area contributed by atoms with Gasteiger partial charge in [0.2, 0.25) is 0 Å². The topological polar surface area (TPSA) is 301 Å². The van der Waals surface area contributed by atoms with Gasteiger partial charge in [-0.1, -0.05) is 12.8 Å². The smallest absolute Gasteiger partial charge is 0.549 e. The van der Waals surface area contributed by atoms with Crippen molar-refractivity contribution in [1.29, 1.82) is 0 Å². The minimum atomic E-state index is -1.67. The van der Waals surface area contributed by atoms with Gasteiger partial charge in [0.25, 0.3) is 0 Å². The molecule has 0 aromatic carbocycles. The molecule has 12 N–H and O–H groups in total. The number of carbonyl (C=O) groups excluding carboxylic acids is 4. The van der Waals surface area contributed by atoms with Crippen molar-refractivity contribution in [1.82, 2.24) is 24.6 Å². The summed E-state index contributed by atoms with van der Waals surface area (Å²) in [5.74, 6) is -6.06. The molecule has 0 bridgehead atoms. The summed E-state index contributed by atoms with van der Waals surface area (Å²) >= 11 is 0. The summed E-state index contributed by atoms with van der Waals surface area (Å²) in [6.07, 6.45) is 1.86. The number of hydrogen-bond donors (Lipinski definition) is 4. The first-order valence-corrected chi connectivity index (χ1v) is 6.05. The Labute approximate surface area is 159 Å². The molecule has 0 aromatic rings. The van der Waals surface area contributed by atoms with Gasteiger partial charge in [0.1, 0.15) is 0 Å². The van der Waals surface area contributed by atoms with Gasteiger partial charge < -0.3 is 64.2 Å². The Morgan fingerprint density at radius 1 is 0.520 bits per heavy atom. The molecule has 0 radical (unpaired) electrons. The molecular weight excluding hydrogens is 523 g/mol. The standard InChI is InChI=1S/2C6H8O4.4H3N.Pt/c2*7-4(8)6(5(9)10)2-1-3-6;;;;;/h2*1-3H2,(H,7,8)(H,9,10);4*1H3;/q;;;;;;+4/p-4. The molecule has 12 nitrogen and oxygen atoms in total. The average Bonchev–Trinajstić information content (AvgIpc) is 2.10. The molecule has 13 heteroatoms. The van der Waals surface area contributed by atoms with Crippen molar-refractivity contribution in [3.8, 4) is 0 Å². The van der Waals surface area contributed by atoms with E-state index in [0.29, 0.717) is 12.8 Å². The third-order valence-corrected chi connectivity index (χ3v) is 3.98. The van der Waals surface area contributed by atoms with E-state index in [-0.39, 0.29) is 71.4 Å². The molecule has 0 amide bonds. The monoisotopic (exact) mass is 547 g/mol. The predicted molar refractivity (Wildman–Crippen MR) is 72.7 cm³/mol. The van der Waals surface area contributed by atoms with Crippen LogP contribution in [-0.2, 0) is 40.2 Å². The zero-order valence-electron chi connectivity index (χ0n) is 13.7. The normalized spacial score (nSPS) is 17.0. The Morgan fingerprint density at radius 2 is 0.680 bits per heavy atom. The molecule has 2 aliphatic rings. The van der Waals surface area contributed by atoms with Gasteiger partial charge in [0, 0.05) is 10.8 Å². The Balaban J connectivity index is -0.0000000889. The van der Waals surface area contributed by atoms with Gasteiger partial charge in [0.05, 0.1) is 23.9 Å². The molecule has 25 heavy (non-hydrogen) atoms. The van der Waals surface area contributed by atoms with E-state index in [1.54, 1.807) is 0 Å². The van der Waals surface area contributed by atoms with Crippen LogP contribution in [0, 0.1) is 10.8 Å². The number of aliphatic carboxylic acids is 4. The molecule has 2 aliphatic carbocycles. The SMILES string of the molecule is N.N.N.N.O=C([O-])C1(C(=O)[O-])CCC1.O=C([O-])C1(C(=O)[O-])CCC1.[Pt+4]. The molecule has 0 heterocycles. The summed E-state index contributed by atoms with van der Waals surface area (Å²) in [7, 11) is 0. The molecule has 2 fully saturated rings. The molecule has 0 unspecified atom stereocenters. The third-order valence-electron chi connectivity index (χ3n) is 3.98. The van der Waals surface area contributed by atoms with Crippen molar-refractivity contribution in [2.24, 2.45) is 10.8 Å². The zero-order valence-corrected chi connectivity index (χ0v) is 15.9. The number of rotatable bonds is 4. The van der Waals surface area contributed by atoms with E-state index in [1.165, 1.54) is 0 Å². The molecule has 150 valence electrons. The van der Waals surface area contributed by atoms with Crippen molar-refractivity contribution in [2.45, 2.75) is 38.5 Å². The fraction of sp³-hybridized carbons (Fsp3) is 0.667. The van der Waals surface area contributed by atoms with Crippen LogP contribution in [0.15, 0.2) is 0 Å². The Kier molecular flexibility index (Phi) is 17.7. The average molecular weight is 547 g/mol. The predicted octanol–water partition coefficient (Wildman–Crippen LogP) is -4.04. The van der Waals surface area contributed by atoms with E-state index < -0.39 is 34.7 Å². The van der Waals surface area contributed by atoms with Crippen LogP contribution in [0.2, 0.25) is 0 Å². The molecule has 2 rings (SSSR count). The van der Waals surface area contributed by atoms with E-state index in [4.69, 9.17) is 0 Å². The van der Waals surface area contributed by atoms with Crippen LogP contribution < -0.4 is 45.0 Å². The van der Waals surface area contributed by atoms with Crippen LogP contribution in [0.3, 0.4) is 0 Å². The van der Waals surface area contributed by atoms with Crippen molar-refractivity contribution < 1.29 is 60.7 Å². The molecule has 0 atom stereocenters. The second-order valence-corrected chi connectivity index (χ2v) is 5.02. The fourth-order valence-corrected chi connectivity index (χ4v) is 2.04. The van der Waals surface area contributed by atoms with E-state index in [2.05, 4.69) is 0 Å². The van der Waals surface area contributed by atoms with Gasteiger partial charge in [-0.05, 0) is 25.7 Å². The van der Waals surface area contributed by atoms with Crippen LogP contribution in [0.5, 0.6) is 0 Å². The van der Waals surface area contributed by atoms with Gasteiger partial charge in [-0.2, -0.15) is 0 Å². The largest absolute Gasteiger partial charge is 4.00 e. The van der Waals surface area contributed by atoms with Gasteiger partial charge in [-0.25, -0.2) is 0 Å². The number of hydrogen-bond acceptors (Lipinski definition) is 12. The van der Waals surface area contributed by atoms with Crippen LogP contribution in [0.25, 0.3) is 0 Å². The summed E-state index contributed by atoms with van der Waals surface area (Å²) < 4.78 is 0. The summed E-state index contributed by atoms with van der Waals surface area (Å²) in [6.45, 7) is 0. The van der Waals surface area contributed by atoms with Crippen LogP contribution >= 0.6 is 0 Å². The maximum absolute atomic E-state index is 10.2. The Hall–Kier alpha value is -1.59. The molecule has 0 spiro atoms. The zero-order chi connectivity index (χ0) is 15.6. The first-order valence-electron chi connectivity index (χ1n) is 6.05. The minimum Gasteiger partial charge on any atom is -0.549 e. The van der Waals surface area contributed by atoms with E-state index >= 15 is 0 Å². The van der Waals surface area contributed by atoms with Crippen molar-refractivity contribution in [3.63, 3.8) is 0 Å². The summed E-state index contributed by atoms with van der Waals surface area (Å²) in [5, 5.41) is 40.9. The number of carboxylic acid groups (broad SMARTS) is 4. The quantitative estimate of drug-likeness (QED) is 0.244. The third kappa shape index (κ3) is 6.33. The van der Waals surface area contributed by atoms with Crippen LogP contribution in [0.4, 0.5) is 0 Å². The minimum absolute atomic E-state index is 0. The van der Waals surface area contributed by atoms with Gasteiger partial charge in [-0.15, -0.1) is 0 Å². The van der Waals surface area contributed by atoms with E-state index in [9.17, 15) is 39.6 Å². The Bertz CT molecular complexity index is 392. The van der Waals surface area contributed by atoms with Gasteiger partial charge in [0.15, 0.2) is 0 Å². The van der Waals surface area contributed by atoms with Crippen molar-refractivity contribution in [3.05, 3.63) is 0 Å². The molecule has 0 aliphatic heterocycles. The number of carbonyl (C=O) groups is 4. The molecular formula is C12H24N4O8Pt. The van der Waals surface area contributed by atoms with E-state index in [0.717, 1.165) is 0 Å². The number of carboxylic acids is 4. The maximum atomic E-state index is 10.2. The Morgan fingerprint density at radius 3 is 0.680 bits per heavy atom. The van der Waals surface area contributed by atoms with Crippen LogP contribution in [-0.4, -0.2) is 23.9 Å².